The van der Waals surface area contributed by atoms with Crippen LogP contribution in [0.3, 0.4) is 0 Å². The number of benzene rings is 2. The SMILES string of the molecule is COc1cccc(CNCCCn2cnc3ccccc3c2=O)c1. The van der Waals surface area contributed by atoms with Crippen molar-refractivity contribution in [3.05, 3.63) is 70.8 Å². The minimum Gasteiger partial charge on any atom is -0.497 e. The minimum absolute atomic E-state index is 0.0217. The van der Waals surface area contributed by atoms with Crippen LogP contribution >= 0.6 is 0 Å². The molecule has 0 radical (unpaired) electrons. The number of rotatable bonds is 7. The second-order valence-corrected chi connectivity index (χ2v) is 5.64. The molecule has 0 spiro atoms. The van der Waals surface area contributed by atoms with Crippen LogP contribution in [0, 0.1) is 0 Å². The summed E-state index contributed by atoms with van der Waals surface area (Å²) in [5.41, 5.74) is 1.95. The summed E-state index contributed by atoms with van der Waals surface area (Å²) in [4.78, 5) is 16.7. The van der Waals surface area contributed by atoms with Crippen molar-refractivity contribution in [1.82, 2.24) is 14.9 Å². The molecule has 0 amide bonds. The monoisotopic (exact) mass is 323 g/mol. The van der Waals surface area contributed by atoms with Gasteiger partial charge in [-0.2, -0.15) is 0 Å². The van der Waals surface area contributed by atoms with Gasteiger partial charge in [0.05, 0.1) is 24.3 Å². The normalized spacial score (nSPS) is 10.9. The van der Waals surface area contributed by atoms with Gasteiger partial charge >= 0.3 is 0 Å². The van der Waals surface area contributed by atoms with Crippen molar-refractivity contribution in [3.63, 3.8) is 0 Å². The van der Waals surface area contributed by atoms with E-state index in [0.29, 0.717) is 11.9 Å². The summed E-state index contributed by atoms with van der Waals surface area (Å²) in [5, 5.41) is 4.06. The molecule has 24 heavy (non-hydrogen) atoms. The Kier molecular flexibility index (Phi) is 5.23. The predicted octanol–water partition coefficient (Wildman–Crippen LogP) is 2.59. The van der Waals surface area contributed by atoms with E-state index in [9.17, 15) is 4.79 Å². The standard InChI is InChI=1S/C19H21N3O2/c1-24-16-7-4-6-15(12-16)13-20-10-5-11-22-14-21-18-9-3-2-8-17(18)19(22)23/h2-4,6-9,12,14,20H,5,10-11,13H2,1H3. The predicted molar refractivity (Wildman–Crippen MR) is 95.3 cm³/mol. The summed E-state index contributed by atoms with van der Waals surface area (Å²) < 4.78 is 6.89. The Hall–Kier alpha value is -2.66. The van der Waals surface area contributed by atoms with E-state index in [-0.39, 0.29) is 5.56 Å². The van der Waals surface area contributed by atoms with Crippen molar-refractivity contribution >= 4 is 10.9 Å². The zero-order chi connectivity index (χ0) is 16.8. The Morgan fingerprint density at radius 1 is 1.17 bits per heavy atom. The Bertz CT molecular complexity index is 874. The fraction of sp³-hybridized carbons (Fsp3) is 0.263. The van der Waals surface area contributed by atoms with Crippen LogP contribution in [0.5, 0.6) is 5.75 Å². The van der Waals surface area contributed by atoms with Gasteiger partial charge in [0.2, 0.25) is 0 Å². The molecule has 0 atom stereocenters. The molecular weight excluding hydrogens is 302 g/mol. The molecule has 0 fully saturated rings. The molecule has 1 heterocycles. The first-order chi connectivity index (χ1) is 11.8. The summed E-state index contributed by atoms with van der Waals surface area (Å²) in [7, 11) is 1.67. The van der Waals surface area contributed by atoms with Gasteiger partial charge in [-0.25, -0.2) is 4.98 Å². The fourth-order valence-electron chi connectivity index (χ4n) is 2.65. The van der Waals surface area contributed by atoms with E-state index >= 15 is 0 Å². The summed E-state index contributed by atoms with van der Waals surface area (Å²) in [6.45, 7) is 2.26. The number of hydrogen-bond acceptors (Lipinski definition) is 4. The molecule has 3 rings (SSSR count). The number of methoxy groups -OCH3 is 1. The van der Waals surface area contributed by atoms with E-state index in [1.54, 1.807) is 18.0 Å². The average Bonchev–Trinajstić information content (AvgIpc) is 2.63. The van der Waals surface area contributed by atoms with Crippen LogP contribution < -0.4 is 15.6 Å². The van der Waals surface area contributed by atoms with Crippen molar-refractivity contribution in [2.75, 3.05) is 13.7 Å². The first-order valence-electron chi connectivity index (χ1n) is 8.06. The first-order valence-corrected chi connectivity index (χ1v) is 8.06. The lowest BCUT2D eigenvalue weighted by Crippen LogP contribution is -2.23. The molecule has 0 aliphatic heterocycles. The summed E-state index contributed by atoms with van der Waals surface area (Å²) in [6, 6.07) is 15.4. The van der Waals surface area contributed by atoms with Crippen LogP contribution in [0.1, 0.15) is 12.0 Å². The molecule has 0 aliphatic carbocycles. The van der Waals surface area contributed by atoms with Gasteiger partial charge in [0.15, 0.2) is 0 Å². The van der Waals surface area contributed by atoms with Crippen LogP contribution in [0.4, 0.5) is 0 Å². The number of para-hydroxylation sites is 1. The van der Waals surface area contributed by atoms with Crippen molar-refractivity contribution in [3.8, 4) is 5.75 Å². The van der Waals surface area contributed by atoms with Gasteiger partial charge in [-0.05, 0) is 42.8 Å². The minimum atomic E-state index is 0.0217. The van der Waals surface area contributed by atoms with Crippen LogP contribution in [0.15, 0.2) is 59.7 Å². The van der Waals surface area contributed by atoms with E-state index < -0.39 is 0 Å². The van der Waals surface area contributed by atoms with E-state index in [4.69, 9.17) is 4.74 Å². The molecule has 5 heteroatoms. The smallest absolute Gasteiger partial charge is 0.261 e. The van der Waals surface area contributed by atoms with Crippen LogP contribution in [0.25, 0.3) is 10.9 Å². The Morgan fingerprint density at radius 2 is 2.04 bits per heavy atom. The Labute approximate surface area is 140 Å². The highest BCUT2D eigenvalue weighted by atomic mass is 16.5. The van der Waals surface area contributed by atoms with Gasteiger partial charge in [0.1, 0.15) is 5.75 Å². The lowest BCUT2D eigenvalue weighted by Gasteiger charge is -2.08. The highest BCUT2D eigenvalue weighted by Crippen LogP contribution is 2.12. The van der Waals surface area contributed by atoms with Crippen molar-refractivity contribution in [1.29, 1.82) is 0 Å². The average molecular weight is 323 g/mol. The molecule has 2 aromatic carbocycles. The second kappa shape index (κ2) is 7.75. The second-order valence-electron chi connectivity index (χ2n) is 5.64. The lowest BCUT2D eigenvalue weighted by molar-refractivity contribution is 0.414. The maximum absolute atomic E-state index is 12.4. The highest BCUT2D eigenvalue weighted by Gasteiger charge is 2.03. The van der Waals surface area contributed by atoms with Gasteiger partial charge < -0.3 is 10.1 Å². The first kappa shape index (κ1) is 16.2. The third kappa shape index (κ3) is 3.81. The van der Waals surface area contributed by atoms with Crippen molar-refractivity contribution in [2.45, 2.75) is 19.5 Å². The molecule has 1 N–H and O–H groups in total. The van der Waals surface area contributed by atoms with Gasteiger partial charge in [-0.1, -0.05) is 24.3 Å². The number of ether oxygens (including phenoxy) is 1. The molecule has 5 nitrogen and oxygen atoms in total. The lowest BCUT2D eigenvalue weighted by atomic mass is 10.2. The number of aryl methyl sites for hydroxylation is 1. The van der Waals surface area contributed by atoms with Crippen molar-refractivity contribution < 1.29 is 4.74 Å². The van der Waals surface area contributed by atoms with Crippen LogP contribution in [-0.4, -0.2) is 23.2 Å². The number of hydrogen-bond donors (Lipinski definition) is 1. The maximum Gasteiger partial charge on any atom is 0.261 e. The van der Waals surface area contributed by atoms with Crippen LogP contribution in [0.2, 0.25) is 0 Å². The van der Waals surface area contributed by atoms with Gasteiger partial charge in [-0.3, -0.25) is 9.36 Å². The molecule has 0 aliphatic rings. The Balaban J connectivity index is 1.52. The van der Waals surface area contributed by atoms with Crippen molar-refractivity contribution in [2.24, 2.45) is 0 Å². The van der Waals surface area contributed by atoms with E-state index in [1.807, 2.05) is 42.5 Å². The zero-order valence-electron chi connectivity index (χ0n) is 13.7. The zero-order valence-corrected chi connectivity index (χ0v) is 13.7. The highest BCUT2D eigenvalue weighted by molar-refractivity contribution is 5.76. The molecule has 3 aromatic rings. The number of aromatic nitrogens is 2. The maximum atomic E-state index is 12.4. The van der Waals surface area contributed by atoms with Gasteiger partial charge in [0.25, 0.3) is 5.56 Å². The molecule has 0 unspecified atom stereocenters. The van der Waals surface area contributed by atoms with Gasteiger partial charge in [-0.15, -0.1) is 0 Å². The third-order valence-electron chi connectivity index (χ3n) is 3.95. The van der Waals surface area contributed by atoms with E-state index in [0.717, 1.165) is 30.8 Å². The molecule has 0 saturated heterocycles. The summed E-state index contributed by atoms with van der Waals surface area (Å²) in [5.74, 6) is 0.864. The fourth-order valence-corrected chi connectivity index (χ4v) is 2.65. The van der Waals surface area contributed by atoms with E-state index in [1.165, 1.54) is 5.56 Å². The molecule has 124 valence electrons. The van der Waals surface area contributed by atoms with Gasteiger partial charge in [0, 0.05) is 13.1 Å². The molecule has 0 bridgehead atoms. The molecule has 1 aromatic heterocycles. The number of fused-ring (bicyclic) bond motifs is 1. The van der Waals surface area contributed by atoms with E-state index in [2.05, 4.69) is 16.4 Å². The molecular formula is C19H21N3O2. The van der Waals surface area contributed by atoms with Crippen LogP contribution in [-0.2, 0) is 13.1 Å². The third-order valence-corrected chi connectivity index (χ3v) is 3.95. The summed E-state index contributed by atoms with van der Waals surface area (Å²) in [6.07, 6.45) is 2.50. The quantitative estimate of drug-likeness (QED) is 0.679. The summed E-state index contributed by atoms with van der Waals surface area (Å²) >= 11 is 0. The number of nitrogens with one attached hydrogen (secondary N) is 1. The topological polar surface area (TPSA) is 56.1 Å². The Morgan fingerprint density at radius 3 is 2.92 bits per heavy atom. The molecule has 0 saturated carbocycles. The largest absolute Gasteiger partial charge is 0.497 e. The number of nitrogens with zero attached hydrogens (tertiary/aromatic N) is 2.